The monoisotopic (exact) mass is 464 g/mol. The second-order valence-electron chi connectivity index (χ2n) is 9.17. The Morgan fingerprint density at radius 1 is 1.12 bits per heavy atom. The Balaban J connectivity index is 1.64. The SMILES string of the molecule is CCCCCC(=O)N1CCN(C(C)c2nc3ccccc3c(=O)n2-c2ccc(F)cc2)CC1C. The molecule has 1 saturated heterocycles. The summed E-state index contributed by atoms with van der Waals surface area (Å²) in [5.74, 6) is 0.485. The van der Waals surface area contributed by atoms with Gasteiger partial charge in [0, 0.05) is 32.1 Å². The van der Waals surface area contributed by atoms with Gasteiger partial charge in [-0.05, 0) is 56.7 Å². The predicted octanol–water partition coefficient (Wildman–Crippen LogP) is 4.70. The number of para-hydroxylation sites is 1. The van der Waals surface area contributed by atoms with Gasteiger partial charge in [-0.25, -0.2) is 9.37 Å². The van der Waals surface area contributed by atoms with Gasteiger partial charge in [0.05, 0.1) is 22.6 Å². The average molecular weight is 465 g/mol. The van der Waals surface area contributed by atoms with Crippen molar-refractivity contribution in [2.75, 3.05) is 19.6 Å². The Bertz CT molecular complexity index is 1210. The van der Waals surface area contributed by atoms with Crippen molar-refractivity contribution >= 4 is 16.8 Å². The molecule has 0 radical (unpaired) electrons. The first kappa shape index (κ1) is 24.1. The minimum absolute atomic E-state index is 0.0803. The number of hydrogen-bond acceptors (Lipinski definition) is 4. The third-order valence-corrected chi connectivity index (χ3v) is 6.78. The molecule has 7 heteroatoms. The van der Waals surface area contributed by atoms with Crippen LogP contribution in [0.1, 0.15) is 58.3 Å². The molecule has 4 rings (SSSR count). The van der Waals surface area contributed by atoms with Crippen LogP contribution in [-0.4, -0.2) is 50.9 Å². The summed E-state index contributed by atoms with van der Waals surface area (Å²) in [5.41, 5.74) is 1.06. The topological polar surface area (TPSA) is 58.4 Å². The standard InChI is InChI=1S/C27H33FN4O2/c1-4-5-6-11-25(33)31-17-16-30(18-19(31)2)20(3)26-29-24-10-8-7-9-23(24)27(34)32(26)22-14-12-21(28)13-15-22/h7-10,12-15,19-20H,4-6,11,16-18H2,1-3H3. The summed E-state index contributed by atoms with van der Waals surface area (Å²) in [6, 6.07) is 13.2. The highest BCUT2D eigenvalue weighted by Crippen LogP contribution is 2.26. The maximum absolute atomic E-state index is 13.6. The summed E-state index contributed by atoms with van der Waals surface area (Å²) < 4.78 is 15.2. The second-order valence-corrected chi connectivity index (χ2v) is 9.17. The first-order chi connectivity index (χ1) is 16.4. The van der Waals surface area contributed by atoms with E-state index in [-0.39, 0.29) is 29.4 Å². The van der Waals surface area contributed by atoms with E-state index in [2.05, 4.69) is 18.7 Å². The predicted molar refractivity (Wildman–Crippen MR) is 133 cm³/mol. The van der Waals surface area contributed by atoms with Crippen molar-refractivity contribution < 1.29 is 9.18 Å². The summed E-state index contributed by atoms with van der Waals surface area (Å²) in [7, 11) is 0. The molecule has 0 saturated carbocycles. The maximum Gasteiger partial charge on any atom is 0.266 e. The Morgan fingerprint density at radius 3 is 2.56 bits per heavy atom. The molecule has 34 heavy (non-hydrogen) atoms. The van der Waals surface area contributed by atoms with E-state index < -0.39 is 0 Å². The largest absolute Gasteiger partial charge is 0.337 e. The number of benzene rings is 2. The molecular formula is C27H33FN4O2. The molecular weight excluding hydrogens is 431 g/mol. The van der Waals surface area contributed by atoms with Crippen molar-refractivity contribution in [3.05, 3.63) is 70.5 Å². The molecule has 2 atom stereocenters. The molecule has 2 heterocycles. The Labute approximate surface area is 200 Å². The van der Waals surface area contributed by atoms with Crippen LogP contribution in [0.3, 0.4) is 0 Å². The third kappa shape index (κ3) is 4.89. The smallest absolute Gasteiger partial charge is 0.266 e. The molecule has 1 fully saturated rings. The van der Waals surface area contributed by atoms with Crippen LogP contribution in [0.4, 0.5) is 4.39 Å². The molecule has 1 aliphatic heterocycles. The van der Waals surface area contributed by atoms with Crippen LogP contribution in [0.15, 0.2) is 53.3 Å². The fraction of sp³-hybridized carbons (Fsp3) is 0.444. The van der Waals surface area contributed by atoms with Gasteiger partial charge in [-0.1, -0.05) is 31.9 Å². The number of nitrogens with zero attached hydrogens (tertiary/aromatic N) is 4. The summed E-state index contributed by atoms with van der Waals surface area (Å²) in [4.78, 5) is 35.4. The molecule has 2 aromatic carbocycles. The highest BCUT2D eigenvalue weighted by molar-refractivity contribution is 5.78. The fourth-order valence-corrected chi connectivity index (χ4v) is 4.81. The van der Waals surface area contributed by atoms with Crippen molar-refractivity contribution in [1.82, 2.24) is 19.4 Å². The van der Waals surface area contributed by atoms with E-state index in [0.29, 0.717) is 48.5 Å². The van der Waals surface area contributed by atoms with Crippen molar-refractivity contribution in [2.24, 2.45) is 0 Å². The summed E-state index contributed by atoms with van der Waals surface area (Å²) in [6.45, 7) is 8.33. The van der Waals surface area contributed by atoms with Crippen molar-refractivity contribution in [3.63, 3.8) is 0 Å². The minimum atomic E-state index is -0.353. The molecule has 0 spiro atoms. The molecule has 0 aliphatic carbocycles. The number of unbranched alkanes of at least 4 members (excludes halogenated alkanes) is 2. The number of amides is 1. The molecule has 1 aromatic heterocycles. The zero-order valence-electron chi connectivity index (χ0n) is 20.2. The van der Waals surface area contributed by atoms with Gasteiger partial charge in [0.2, 0.25) is 5.91 Å². The lowest BCUT2D eigenvalue weighted by Crippen LogP contribution is -2.54. The van der Waals surface area contributed by atoms with E-state index in [1.165, 1.54) is 12.1 Å². The van der Waals surface area contributed by atoms with E-state index in [1.807, 2.05) is 30.0 Å². The van der Waals surface area contributed by atoms with Gasteiger partial charge in [0.15, 0.2) is 0 Å². The molecule has 6 nitrogen and oxygen atoms in total. The van der Waals surface area contributed by atoms with Gasteiger partial charge in [-0.2, -0.15) is 0 Å². The van der Waals surface area contributed by atoms with E-state index in [9.17, 15) is 14.0 Å². The zero-order chi connectivity index (χ0) is 24.2. The van der Waals surface area contributed by atoms with Gasteiger partial charge in [-0.15, -0.1) is 0 Å². The number of halogens is 1. The second kappa shape index (κ2) is 10.5. The number of carbonyl (C=O) groups is 1. The summed E-state index contributed by atoms with van der Waals surface area (Å²) >= 11 is 0. The zero-order valence-corrected chi connectivity index (χ0v) is 20.2. The minimum Gasteiger partial charge on any atom is -0.337 e. The van der Waals surface area contributed by atoms with E-state index in [4.69, 9.17) is 4.98 Å². The number of rotatable bonds is 7. The van der Waals surface area contributed by atoms with Gasteiger partial charge >= 0.3 is 0 Å². The number of aromatic nitrogens is 2. The molecule has 1 aliphatic rings. The van der Waals surface area contributed by atoms with Crippen LogP contribution < -0.4 is 5.56 Å². The molecule has 180 valence electrons. The van der Waals surface area contributed by atoms with E-state index in [1.54, 1.807) is 22.8 Å². The van der Waals surface area contributed by atoms with Gasteiger partial charge < -0.3 is 4.90 Å². The van der Waals surface area contributed by atoms with Crippen molar-refractivity contribution in [2.45, 2.75) is 58.5 Å². The quantitative estimate of drug-likeness (QED) is 0.476. The summed E-state index contributed by atoms with van der Waals surface area (Å²) in [6.07, 6.45) is 3.71. The van der Waals surface area contributed by atoms with Crippen LogP contribution in [-0.2, 0) is 4.79 Å². The number of hydrogen-bond donors (Lipinski definition) is 0. The van der Waals surface area contributed by atoms with E-state index >= 15 is 0 Å². The first-order valence-electron chi connectivity index (χ1n) is 12.2. The van der Waals surface area contributed by atoms with Gasteiger partial charge in [-0.3, -0.25) is 19.1 Å². The van der Waals surface area contributed by atoms with E-state index in [0.717, 1.165) is 19.3 Å². The van der Waals surface area contributed by atoms with Crippen LogP contribution in [0, 0.1) is 5.82 Å². The van der Waals surface area contributed by atoms with Gasteiger partial charge in [0.1, 0.15) is 11.6 Å². The molecule has 0 N–H and O–H groups in total. The Morgan fingerprint density at radius 2 is 1.85 bits per heavy atom. The lowest BCUT2D eigenvalue weighted by Gasteiger charge is -2.42. The average Bonchev–Trinajstić information content (AvgIpc) is 2.84. The highest BCUT2D eigenvalue weighted by atomic mass is 19.1. The lowest BCUT2D eigenvalue weighted by molar-refractivity contribution is -0.136. The summed E-state index contributed by atoms with van der Waals surface area (Å²) in [5, 5.41) is 0.527. The van der Waals surface area contributed by atoms with Crippen LogP contribution >= 0.6 is 0 Å². The number of carbonyl (C=O) groups excluding carboxylic acids is 1. The normalized spacial score (nSPS) is 17.8. The molecule has 1 amide bonds. The highest BCUT2D eigenvalue weighted by Gasteiger charge is 2.31. The van der Waals surface area contributed by atoms with Crippen molar-refractivity contribution in [1.29, 1.82) is 0 Å². The fourth-order valence-electron chi connectivity index (χ4n) is 4.81. The van der Waals surface area contributed by atoms with Gasteiger partial charge in [0.25, 0.3) is 5.56 Å². The molecule has 3 aromatic rings. The Kier molecular flexibility index (Phi) is 7.41. The maximum atomic E-state index is 13.6. The molecule has 0 bridgehead atoms. The first-order valence-corrected chi connectivity index (χ1v) is 12.2. The van der Waals surface area contributed by atoms with Crippen LogP contribution in [0.25, 0.3) is 16.6 Å². The molecule has 2 unspecified atom stereocenters. The lowest BCUT2D eigenvalue weighted by atomic mass is 10.1. The Hall–Kier alpha value is -3.06. The van der Waals surface area contributed by atoms with Crippen LogP contribution in [0.2, 0.25) is 0 Å². The number of fused-ring (bicyclic) bond motifs is 1. The number of piperazine rings is 1. The van der Waals surface area contributed by atoms with Crippen LogP contribution in [0.5, 0.6) is 0 Å². The van der Waals surface area contributed by atoms with Crippen molar-refractivity contribution in [3.8, 4) is 5.69 Å². The third-order valence-electron chi connectivity index (χ3n) is 6.78.